The van der Waals surface area contributed by atoms with Gasteiger partial charge in [0.05, 0.1) is 0 Å². The predicted molar refractivity (Wildman–Crippen MR) is 84.5 cm³/mol. The highest BCUT2D eigenvalue weighted by atomic mass is 35.5. The van der Waals surface area contributed by atoms with Crippen molar-refractivity contribution in [3.05, 3.63) is 83.1 Å². The molecule has 0 aliphatic rings. The number of hydrogen-bond acceptors (Lipinski definition) is 1. The van der Waals surface area contributed by atoms with Crippen LogP contribution in [0.25, 0.3) is 23.5 Å². The largest absolute Gasteiger partial charge is 0.457 e. The fourth-order valence-corrected chi connectivity index (χ4v) is 2.08. The smallest absolute Gasteiger partial charge is 0.134 e. The molecule has 0 bridgehead atoms. The molecule has 2 aromatic carbocycles. The summed E-state index contributed by atoms with van der Waals surface area (Å²) in [5.41, 5.74) is 2.17. The Morgan fingerprint density at radius 3 is 2.25 bits per heavy atom. The van der Waals surface area contributed by atoms with Gasteiger partial charge >= 0.3 is 0 Å². The molecule has 0 atom stereocenters. The molecule has 0 unspecified atom stereocenters. The molecule has 0 aliphatic heterocycles. The van der Waals surface area contributed by atoms with Crippen LogP contribution in [0, 0.1) is 0 Å². The molecule has 20 heavy (non-hydrogen) atoms. The lowest BCUT2D eigenvalue weighted by Gasteiger charge is -1.96. The molecule has 98 valence electrons. The zero-order chi connectivity index (χ0) is 13.8. The highest BCUT2D eigenvalue weighted by Gasteiger charge is 2.02. The minimum atomic E-state index is 0.726. The molecule has 1 heterocycles. The van der Waals surface area contributed by atoms with Crippen LogP contribution in [-0.4, -0.2) is 0 Å². The topological polar surface area (TPSA) is 13.1 Å². The summed E-state index contributed by atoms with van der Waals surface area (Å²) in [6, 6.07) is 21.7. The number of benzene rings is 2. The quantitative estimate of drug-likeness (QED) is 0.593. The van der Waals surface area contributed by atoms with E-state index in [4.69, 9.17) is 16.0 Å². The summed E-state index contributed by atoms with van der Waals surface area (Å²) in [6.45, 7) is 0. The first-order chi connectivity index (χ1) is 9.81. The van der Waals surface area contributed by atoms with Gasteiger partial charge in [0.15, 0.2) is 0 Å². The van der Waals surface area contributed by atoms with E-state index in [1.54, 1.807) is 0 Å². The first kappa shape index (κ1) is 12.8. The molecule has 0 fully saturated rings. The molecule has 1 aromatic heterocycles. The summed E-state index contributed by atoms with van der Waals surface area (Å²) >= 11 is 5.88. The highest BCUT2D eigenvalue weighted by Crippen LogP contribution is 2.24. The van der Waals surface area contributed by atoms with Gasteiger partial charge in [0, 0.05) is 10.6 Å². The van der Waals surface area contributed by atoms with Gasteiger partial charge in [-0.3, -0.25) is 0 Å². The summed E-state index contributed by atoms with van der Waals surface area (Å²) in [5.74, 6) is 1.67. The molecule has 2 heteroatoms. The number of hydrogen-bond donors (Lipinski definition) is 0. The van der Waals surface area contributed by atoms with Gasteiger partial charge in [0.25, 0.3) is 0 Å². The Morgan fingerprint density at radius 1 is 0.750 bits per heavy atom. The van der Waals surface area contributed by atoms with Crippen LogP contribution in [0.1, 0.15) is 11.3 Å². The number of rotatable bonds is 3. The van der Waals surface area contributed by atoms with Crippen molar-refractivity contribution in [2.24, 2.45) is 0 Å². The molecule has 0 saturated carbocycles. The fraction of sp³-hybridized carbons (Fsp3) is 0. The maximum atomic E-state index is 5.88. The molecule has 3 aromatic rings. The van der Waals surface area contributed by atoms with E-state index in [2.05, 4.69) is 12.1 Å². The molecule has 0 amide bonds. The van der Waals surface area contributed by atoms with E-state index < -0.39 is 0 Å². The molecule has 3 rings (SSSR count). The van der Waals surface area contributed by atoms with Gasteiger partial charge in [-0.1, -0.05) is 48.0 Å². The van der Waals surface area contributed by atoms with Crippen molar-refractivity contribution in [1.29, 1.82) is 0 Å². The van der Waals surface area contributed by atoms with E-state index in [0.29, 0.717) is 0 Å². The predicted octanol–water partition coefficient (Wildman–Crippen LogP) is 5.77. The third-order valence-corrected chi connectivity index (χ3v) is 3.25. The van der Waals surface area contributed by atoms with Gasteiger partial charge in [-0.25, -0.2) is 0 Å². The minimum Gasteiger partial charge on any atom is -0.457 e. The van der Waals surface area contributed by atoms with Crippen molar-refractivity contribution in [3.8, 4) is 11.3 Å². The first-order valence-electron chi connectivity index (χ1n) is 6.40. The van der Waals surface area contributed by atoms with Crippen molar-refractivity contribution in [1.82, 2.24) is 0 Å². The maximum absolute atomic E-state index is 5.88. The molecular formula is C18H13ClO. The third kappa shape index (κ3) is 3.01. The molecule has 0 aliphatic carbocycles. The Bertz CT molecular complexity index is 709. The second-order valence-corrected chi connectivity index (χ2v) is 4.89. The fourth-order valence-electron chi connectivity index (χ4n) is 1.95. The summed E-state index contributed by atoms with van der Waals surface area (Å²) in [5, 5.41) is 0.726. The Hall–Kier alpha value is -2.25. The second kappa shape index (κ2) is 5.81. The van der Waals surface area contributed by atoms with Crippen LogP contribution in [0.4, 0.5) is 0 Å². The number of halogens is 1. The van der Waals surface area contributed by atoms with Gasteiger partial charge < -0.3 is 4.42 Å². The minimum absolute atomic E-state index is 0.726. The Balaban J connectivity index is 1.80. The van der Waals surface area contributed by atoms with Gasteiger partial charge in [0.2, 0.25) is 0 Å². The van der Waals surface area contributed by atoms with Crippen molar-refractivity contribution >= 4 is 23.8 Å². The van der Waals surface area contributed by atoms with E-state index in [1.807, 2.05) is 66.7 Å². The molecule has 0 radical (unpaired) electrons. The highest BCUT2D eigenvalue weighted by molar-refractivity contribution is 6.30. The Kier molecular flexibility index (Phi) is 3.71. The zero-order valence-electron chi connectivity index (χ0n) is 10.8. The van der Waals surface area contributed by atoms with Gasteiger partial charge in [0.1, 0.15) is 11.5 Å². The van der Waals surface area contributed by atoms with Gasteiger partial charge in [-0.15, -0.1) is 0 Å². The van der Waals surface area contributed by atoms with Crippen LogP contribution >= 0.6 is 11.6 Å². The molecular weight excluding hydrogens is 268 g/mol. The van der Waals surface area contributed by atoms with E-state index in [1.165, 1.54) is 0 Å². The third-order valence-electron chi connectivity index (χ3n) is 3.00. The van der Waals surface area contributed by atoms with Crippen molar-refractivity contribution in [2.45, 2.75) is 0 Å². The summed E-state index contributed by atoms with van der Waals surface area (Å²) < 4.78 is 5.80. The van der Waals surface area contributed by atoms with Gasteiger partial charge in [-0.05, 0) is 48.0 Å². The van der Waals surface area contributed by atoms with Crippen LogP contribution in [0.3, 0.4) is 0 Å². The normalized spacial score (nSPS) is 11.1. The lowest BCUT2D eigenvalue weighted by atomic mass is 10.2. The monoisotopic (exact) mass is 280 g/mol. The van der Waals surface area contributed by atoms with Crippen LogP contribution in [0.2, 0.25) is 5.02 Å². The Labute approximate surface area is 123 Å². The molecule has 0 N–H and O–H groups in total. The van der Waals surface area contributed by atoms with Crippen LogP contribution in [-0.2, 0) is 0 Å². The summed E-state index contributed by atoms with van der Waals surface area (Å²) in [4.78, 5) is 0. The van der Waals surface area contributed by atoms with Gasteiger partial charge in [-0.2, -0.15) is 0 Å². The van der Waals surface area contributed by atoms with E-state index in [-0.39, 0.29) is 0 Å². The standard InChI is InChI=1S/C18H13ClO/c19-16-9-7-15(8-10-16)18-13-12-17(20-18)11-6-14-4-2-1-3-5-14/h1-13H/b11-6-. The lowest BCUT2D eigenvalue weighted by molar-refractivity contribution is 0.572. The average molecular weight is 281 g/mol. The number of furan rings is 1. The van der Waals surface area contributed by atoms with E-state index >= 15 is 0 Å². The Morgan fingerprint density at radius 2 is 1.50 bits per heavy atom. The maximum Gasteiger partial charge on any atom is 0.134 e. The second-order valence-electron chi connectivity index (χ2n) is 4.45. The molecule has 0 saturated heterocycles. The first-order valence-corrected chi connectivity index (χ1v) is 6.78. The molecule has 1 nitrogen and oxygen atoms in total. The zero-order valence-corrected chi connectivity index (χ0v) is 11.5. The summed E-state index contributed by atoms with van der Waals surface area (Å²) in [7, 11) is 0. The van der Waals surface area contributed by atoms with E-state index in [0.717, 1.165) is 27.7 Å². The van der Waals surface area contributed by atoms with Crippen molar-refractivity contribution in [3.63, 3.8) is 0 Å². The SMILES string of the molecule is Clc1ccc(-c2ccc(/C=C\c3ccccc3)o2)cc1. The van der Waals surface area contributed by atoms with Crippen LogP contribution < -0.4 is 0 Å². The van der Waals surface area contributed by atoms with Crippen LogP contribution in [0.5, 0.6) is 0 Å². The lowest BCUT2D eigenvalue weighted by Crippen LogP contribution is -1.72. The average Bonchev–Trinajstić information content (AvgIpc) is 2.96. The van der Waals surface area contributed by atoms with Crippen molar-refractivity contribution in [2.75, 3.05) is 0 Å². The summed E-state index contributed by atoms with van der Waals surface area (Å²) in [6.07, 6.45) is 4.00. The van der Waals surface area contributed by atoms with E-state index in [9.17, 15) is 0 Å². The molecule has 0 spiro atoms. The van der Waals surface area contributed by atoms with Crippen molar-refractivity contribution < 1.29 is 4.42 Å². The van der Waals surface area contributed by atoms with Crippen LogP contribution in [0.15, 0.2) is 71.1 Å².